The second kappa shape index (κ2) is 18.2. The summed E-state index contributed by atoms with van der Waals surface area (Å²) in [5.74, 6) is 0.179. The van der Waals surface area contributed by atoms with Crippen molar-refractivity contribution < 1.29 is 28.6 Å². The Morgan fingerprint density at radius 1 is 0.698 bits per heavy atom. The molecule has 0 saturated heterocycles. The molecule has 0 aliphatic heterocycles. The predicted octanol–water partition coefficient (Wildman–Crippen LogP) is 6.31. The Bertz CT molecular complexity index is 1030. The normalized spacial score (nSPS) is 13.0. The largest absolute Gasteiger partial charge is 0.459 e. The number of benzene rings is 2. The molecule has 0 aromatic heterocycles. The Kier molecular flexibility index (Phi) is 15.0. The summed E-state index contributed by atoms with van der Waals surface area (Å²) >= 11 is 0. The minimum absolute atomic E-state index is 0.00193. The van der Waals surface area contributed by atoms with Crippen LogP contribution in [0.1, 0.15) is 72.4 Å². The average Bonchev–Trinajstić information content (AvgIpc) is 2.90. The molecule has 0 bridgehead atoms. The summed E-state index contributed by atoms with van der Waals surface area (Å²) in [5.41, 5.74) is 1.15. The molecule has 0 fully saturated rings. The van der Waals surface area contributed by atoms with E-state index in [-0.39, 0.29) is 49.6 Å². The first-order valence-electron chi connectivity index (χ1n) is 15.2. The number of esters is 1. The lowest BCUT2D eigenvalue weighted by Crippen LogP contribution is -2.51. The van der Waals surface area contributed by atoms with Crippen LogP contribution >= 0.6 is 0 Å². The molecule has 0 aliphatic carbocycles. The van der Waals surface area contributed by atoms with Gasteiger partial charge in [-0.25, -0.2) is 9.59 Å². The fraction of sp³-hybridized carbons (Fsp3) is 0.559. The molecule has 0 unspecified atom stereocenters. The number of carbonyl (C=O) groups excluding carboxylic acids is 3. The molecule has 2 atom stereocenters. The number of nitrogens with zero attached hydrogens (tertiary/aromatic N) is 1. The summed E-state index contributed by atoms with van der Waals surface area (Å²) in [5, 5.41) is 5.99. The van der Waals surface area contributed by atoms with Crippen LogP contribution in [0.5, 0.6) is 0 Å². The second-order valence-corrected chi connectivity index (χ2v) is 12.8. The Morgan fingerprint density at radius 3 is 1.44 bits per heavy atom. The smallest absolute Gasteiger partial charge is 0.407 e. The van der Waals surface area contributed by atoms with Crippen molar-refractivity contribution in [2.45, 2.75) is 92.2 Å². The van der Waals surface area contributed by atoms with Crippen LogP contribution in [0.4, 0.5) is 9.59 Å². The predicted molar refractivity (Wildman–Crippen MR) is 168 cm³/mol. The van der Waals surface area contributed by atoms with E-state index in [9.17, 15) is 14.4 Å². The summed E-state index contributed by atoms with van der Waals surface area (Å²) in [6.07, 6.45) is 0.306. The van der Waals surface area contributed by atoms with Gasteiger partial charge in [-0.3, -0.25) is 9.69 Å². The first-order valence-corrected chi connectivity index (χ1v) is 15.2. The highest BCUT2D eigenvalue weighted by molar-refractivity contribution is 5.72. The van der Waals surface area contributed by atoms with Gasteiger partial charge in [-0.05, 0) is 56.6 Å². The van der Waals surface area contributed by atoms with E-state index in [4.69, 9.17) is 14.2 Å². The molecule has 2 aromatic rings. The maximum absolute atomic E-state index is 13.0. The van der Waals surface area contributed by atoms with E-state index in [1.54, 1.807) is 0 Å². The van der Waals surface area contributed by atoms with Crippen molar-refractivity contribution in [1.82, 2.24) is 15.5 Å². The van der Waals surface area contributed by atoms with Crippen LogP contribution in [0.2, 0.25) is 0 Å². The number of hydrogen-bond donors (Lipinski definition) is 2. The molecule has 0 aliphatic rings. The van der Waals surface area contributed by atoms with Gasteiger partial charge in [-0.1, -0.05) is 88.4 Å². The standard InChI is InChI=1S/C34H51N3O6/c1-25(2)18-29(35-32(39)41-23-27-14-10-8-11-15-27)20-37(22-31(38)43-34(5,6)7)21-30(19-26(3)4)36-33(40)42-24-28-16-12-9-13-17-28/h8-17,25-26,29-30H,18-24H2,1-7H3,(H,35,39)(H,36,40)/t29-,30+. The van der Waals surface area contributed by atoms with E-state index in [2.05, 4.69) is 38.3 Å². The molecule has 238 valence electrons. The van der Waals surface area contributed by atoms with Gasteiger partial charge in [0.15, 0.2) is 0 Å². The van der Waals surface area contributed by atoms with Crippen molar-refractivity contribution in [2.24, 2.45) is 11.8 Å². The zero-order valence-electron chi connectivity index (χ0n) is 26.9. The molecule has 0 saturated carbocycles. The molecule has 2 rings (SSSR count). The summed E-state index contributed by atoms with van der Waals surface area (Å²) in [6, 6.07) is 18.4. The van der Waals surface area contributed by atoms with Gasteiger partial charge in [0.2, 0.25) is 0 Å². The fourth-order valence-corrected chi connectivity index (χ4v) is 4.74. The van der Waals surface area contributed by atoms with Gasteiger partial charge in [-0.2, -0.15) is 0 Å². The monoisotopic (exact) mass is 597 g/mol. The van der Waals surface area contributed by atoms with Crippen molar-refractivity contribution in [3.63, 3.8) is 0 Å². The molecule has 0 radical (unpaired) electrons. The van der Waals surface area contributed by atoms with Crippen molar-refractivity contribution in [3.8, 4) is 0 Å². The van der Waals surface area contributed by atoms with Crippen molar-refractivity contribution in [2.75, 3.05) is 19.6 Å². The minimum Gasteiger partial charge on any atom is -0.459 e. The van der Waals surface area contributed by atoms with Gasteiger partial charge in [0.05, 0.1) is 6.54 Å². The second-order valence-electron chi connectivity index (χ2n) is 12.8. The lowest BCUT2D eigenvalue weighted by Gasteiger charge is -2.32. The number of amides is 2. The van der Waals surface area contributed by atoms with E-state index < -0.39 is 17.8 Å². The Morgan fingerprint density at radius 2 is 1.09 bits per heavy atom. The number of ether oxygens (including phenoxy) is 3. The van der Waals surface area contributed by atoms with Crippen LogP contribution in [0.3, 0.4) is 0 Å². The molecule has 0 spiro atoms. The molecule has 0 heterocycles. The van der Waals surface area contributed by atoms with E-state index in [1.807, 2.05) is 86.3 Å². The van der Waals surface area contributed by atoms with Gasteiger partial charge in [0.1, 0.15) is 18.8 Å². The van der Waals surface area contributed by atoms with Crippen LogP contribution in [0, 0.1) is 11.8 Å². The minimum atomic E-state index is -0.642. The first-order chi connectivity index (χ1) is 20.3. The van der Waals surface area contributed by atoms with Crippen LogP contribution in [-0.4, -0.2) is 60.4 Å². The average molecular weight is 598 g/mol. The highest BCUT2D eigenvalue weighted by atomic mass is 16.6. The van der Waals surface area contributed by atoms with Crippen molar-refractivity contribution in [3.05, 3.63) is 71.8 Å². The molecule has 43 heavy (non-hydrogen) atoms. The lowest BCUT2D eigenvalue weighted by molar-refractivity contribution is -0.156. The van der Waals surface area contributed by atoms with Gasteiger partial charge in [0.25, 0.3) is 0 Å². The van der Waals surface area contributed by atoms with Crippen LogP contribution < -0.4 is 10.6 Å². The van der Waals surface area contributed by atoms with Crippen molar-refractivity contribution >= 4 is 18.2 Å². The molecule has 2 aromatic carbocycles. The Balaban J connectivity index is 2.14. The molecule has 2 amide bonds. The lowest BCUT2D eigenvalue weighted by atomic mass is 10.0. The van der Waals surface area contributed by atoms with E-state index in [0.29, 0.717) is 25.9 Å². The molecular weight excluding hydrogens is 546 g/mol. The van der Waals surface area contributed by atoms with Crippen LogP contribution in [0.15, 0.2) is 60.7 Å². The zero-order chi connectivity index (χ0) is 31.8. The van der Waals surface area contributed by atoms with Gasteiger partial charge >= 0.3 is 18.2 Å². The van der Waals surface area contributed by atoms with Gasteiger partial charge in [-0.15, -0.1) is 0 Å². The van der Waals surface area contributed by atoms with Crippen LogP contribution in [-0.2, 0) is 32.2 Å². The number of alkyl carbamates (subject to hydrolysis) is 2. The number of carbonyl (C=O) groups is 3. The Labute approximate surface area is 257 Å². The molecule has 9 nitrogen and oxygen atoms in total. The van der Waals surface area contributed by atoms with Crippen molar-refractivity contribution in [1.29, 1.82) is 0 Å². The van der Waals surface area contributed by atoms with Gasteiger partial charge < -0.3 is 24.8 Å². The summed E-state index contributed by atoms with van der Waals surface area (Å²) in [6.45, 7) is 14.8. The molecule has 9 heteroatoms. The maximum atomic E-state index is 13.0. The Hall–Kier alpha value is -3.59. The summed E-state index contributed by atoms with van der Waals surface area (Å²) in [4.78, 5) is 40.5. The van der Waals surface area contributed by atoms with E-state index in [0.717, 1.165) is 11.1 Å². The third kappa shape index (κ3) is 16.6. The first kappa shape index (κ1) is 35.6. The molecular formula is C34H51N3O6. The number of rotatable bonds is 16. The fourth-order valence-electron chi connectivity index (χ4n) is 4.74. The SMILES string of the molecule is CC(C)C[C@H](CN(CC(=O)OC(C)(C)C)C[C@H](CC(C)C)NC(=O)OCc1ccccc1)NC(=O)OCc1ccccc1. The summed E-state index contributed by atoms with van der Waals surface area (Å²) in [7, 11) is 0. The maximum Gasteiger partial charge on any atom is 0.407 e. The van der Waals surface area contributed by atoms with Gasteiger partial charge in [0, 0.05) is 25.2 Å². The quantitative estimate of drug-likeness (QED) is 0.172. The van der Waals surface area contributed by atoms with E-state index >= 15 is 0 Å². The third-order valence-electron chi connectivity index (χ3n) is 6.31. The highest BCUT2D eigenvalue weighted by Gasteiger charge is 2.26. The summed E-state index contributed by atoms with van der Waals surface area (Å²) < 4.78 is 16.6. The number of nitrogens with one attached hydrogen (secondary N) is 2. The van der Waals surface area contributed by atoms with Crippen LogP contribution in [0.25, 0.3) is 0 Å². The topological polar surface area (TPSA) is 106 Å². The third-order valence-corrected chi connectivity index (χ3v) is 6.31. The zero-order valence-corrected chi connectivity index (χ0v) is 26.9. The van der Waals surface area contributed by atoms with E-state index in [1.165, 1.54) is 0 Å². The highest BCUT2D eigenvalue weighted by Crippen LogP contribution is 2.14. The molecule has 2 N–H and O–H groups in total. The number of hydrogen-bond acceptors (Lipinski definition) is 7.